The van der Waals surface area contributed by atoms with Crippen LogP contribution in [0, 0.1) is 5.82 Å². The average Bonchev–Trinajstić information content (AvgIpc) is 1.64. The third-order valence-corrected chi connectivity index (χ3v) is 29.6. The van der Waals surface area contributed by atoms with Crippen LogP contribution in [0.3, 0.4) is 0 Å². The van der Waals surface area contributed by atoms with Crippen molar-refractivity contribution in [1.82, 2.24) is 84.5 Å². The Labute approximate surface area is 803 Å². The lowest BCUT2D eigenvalue weighted by Crippen LogP contribution is -2.63. The summed E-state index contributed by atoms with van der Waals surface area (Å²) in [4.78, 5) is 82.2. The highest BCUT2D eigenvalue weighted by Gasteiger charge is 2.39. The van der Waals surface area contributed by atoms with Gasteiger partial charge in [0.15, 0.2) is 0 Å². The number of halogens is 8. The molecule has 12 aromatic rings. The van der Waals surface area contributed by atoms with Crippen LogP contribution in [0.5, 0.6) is 0 Å². The van der Waals surface area contributed by atoms with Crippen molar-refractivity contribution in [3.63, 3.8) is 0 Å². The molecule has 0 bridgehead atoms. The van der Waals surface area contributed by atoms with E-state index in [-0.39, 0.29) is 103 Å². The lowest BCUT2D eigenvalue weighted by Gasteiger charge is -2.44. The Balaban J connectivity index is 0.000000123. The van der Waals surface area contributed by atoms with Crippen LogP contribution in [0.15, 0.2) is 165 Å². The van der Waals surface area contributed by atoms with Crippen LogP contribution >= 0.6 is 81.2 Å². The zero-order valence-electron chi connectivity index (χ0n) is 75.0. The summed E-state index contributed by atoms with van der Waals surface area (Å²) in [6, 6.07) is 46.2. The zero-order chi connectivity index (χ0) is 92.3. The number of imidazole rings is 3. The average molecular weight is 1930 g/mol. The van der Waals surface area contributed by atoms with E-state index >= 15 is 0 Å². The zero-order valence-corrected chi connectivity index (χ0v) is 80.3. The summed E-state index contributed by atoms with van der Waals surface area (Å²) in [6.45, 7) is 25.7. The van der Waals surface area contributed by atoms with Crippen molar-refractivity contribution < 1.29 is 28.7 Å². The van der Waals surface area contributed by atoms with Gasteiger partial charge in [0.2, 0.25) is 23.6 Å². The Bertz CT molecular complexity index is 6140. The van der Waals surface area contributed by atoms with Crippen molar-refractivity contribution in [2.24, 2.45) is 0 Å². The van der Waals surface area contributed by atoms with Gasteiger partial charge in [-0.05, 0) is 251 Å². The van der Waals surface area contributed by atoms with Gasteiger partial charge in [0.25, 0.3) is 0 Å². The first-order valence-electron chi connectivity index (χ1n) is 46.1. The fraction of sp³-hybridized carbons (Fsp3) is 0.439. The van der Waals surface area contributed by atoms with Crippen LogP contribution in [0.2, 0.25) is 35.2 Å². The second-order valence-corrected chi connectivity index (χ2v) is 38.9. The molecule has 696 valence electrons. The van der Waals surface area contributed by atoms with Gasteiger partial charge in [-0.2, -0.15) is 0 Å². The van der Waals surface area contributed by atoms with Crippen molar-refractivity contribution in [2.45, 2.75) is 159 Å². The van der Waals surface area contributed by atoms with Gasteiger partial charge < -0.3 is 79.3 Å². The van der Waals surface area contributed by atoms with Gasteiger partial charge in [-0.1, -0.05) is 117 Å². The van der Waals surface area contributed by atoms with Crippen LogP contribution in [-0.4, -0.2) is 252 Å². The molecule has 8 aliphatic heterocycles. The minimum Gasteiger partial charge on any atom is -0.394 e. The number of benzene rings is 8. The Morgan fingerprint density at radius 3 is 1.29 bits per heavy atom. The summed E-state index contributed by atoms with van der Waals surface area (Å²) in [5, 5.41) is 36.0. The number of amides is 4. The predicted molar refractivity (Wildman–Crippen MR) is 527 cm³/mol. The first-order chi connectivity index (χ1) is 63.8. The number of nitrogens with one attached hydrogen (secondary N) is 4. The predicted octanol–water partition coefficient (Wildman–Crippen LogP) is 16.4. The van der Waals surface area contributed by atoms with Crippen LogP contribution < -0.4 is 40.9 Å². The molecule has 8 aromatic carbocycles. The van der Waals surface area contributed by atoms with Gasteiger partial charge >= 0.3 is 0 Å². The fourth-order valence-electron chi connectivity index (χ4n) is 19.9. The molecule has 8 unspecified atom stereocenters. The molecule has 4 amide bonds. The van der Waals surface area contributed by atoms with E-state index in [2.05, 4.69) is 158 Å². The number of aliphatic hydroxyl groups is 1. The van der Waals surface area contributed by atoms with E-state index in [0.29, 0.717) is 60.4 Å². The summed E-state index contributed by atoms with van der Waals surface area (Å²) in [7, 11) is 0. The Morgan fingerprint density at radius 2 is 0.803 bits per heavy atom. The molecule has 0 aliphatic carbocycles. The highest BCUT2D eigenvalue weighted by atomic mass is 35.5. The maximum absolute atomic E-state index is 14.5. The smallest absolute Gasteiger partial charge is 0.240 e. The van der Waals surface area contributed by atoms with Crippen LogP contribution in [0.1, 0.15) is 139 Å². The number of piperazine rings is 4. The second kappa shape index (κ2) is 41.7. The van der Waals surface area contributed by atoms with E-state index in [4.69, 9.17) is 81.2 Å². The van der Waals surface area contributed by atoms with Gasteiger partial charge in [0.05, 0.1) is 119 Å². The topological polar surface area (TPSA) is 247 Å². The van der Waals surface area contributed by atoms with Gasteiger partial charge in [-0.15, -0.1) is 5.10 Å². The SMILES string of the molecule is CC(c1ccc(Cl)cc1Cl)n1cnc2ccc(N3CCN(C(=O)C4CCCN4)C[C@H]3C)cc21.CC(c1ccc(Cl)cc1Cl)n1cnc2ccc(N3CCN(C(=O)C4CCCN4)[C@@H](C)C3)cc21.CC(c1ccc(Cl)cc1Cl)n1nnc2ccc(N3CCN(C(=O)C4CCN4)[C@H](CO)C3)cc21.CC(c1ccc(Cl)cc1F)n1cnc2ccc(N3CCN(C(=O)C4CCCCN4)CC3)cc21. The summed E-state index contributed by atoms with van der Waals surface area (Å²) < 4.78 is 22.7. The van der Waals surface area contributed by atoms with Crippen LogP contribution in [-0.2, 0) is 19.2 Å². The number of hydrogen-bond donors (Lipinski definition) is 5. The Kier molecular flexibility index (Phi) is 29.8. The minimum absolute atomic E-state index is 0.00405. The quantitative estimate of drug-likeness (QED) is 0.0569. The van der Waals surface area contributed by atoms with Crippen molar-refractivity contribution in [2.75, 3.05) is 137 Å². The van der Waals surface area contributed by atoms with Crippen LogP contribution in [0.4, 0.5) is 27.1 Å². The molecule has 11 atom stereocenters. The van der Waals surface area contributed by atoms with E-state index in [9.17, 15) is 28.7 Å². The first kappa shape index (κ1) is 94.2. The lowest BCUT2D eigenvalue weighted by molar-refractivity contribution is -0.139. The molecule has 4 aromatic heterocycles. The molecule has 0 saturated carbocycles. The largest absolute Gasteiger partial charge is 0.394 e. The molecule has 20 rings (SSSR count). The molecule has 26 nitrogen and oxygen atoms in total. The number of piperidine rings is 1. The van der Waals surface area contributed by atoms with Crippen LogP contribution in [0.25, 0.3) is 44.1 Å². The number of carbonyl (C=O) groups excluding carboxylic acids is 4. The van der Waals surface area contributed by atoms with E-state index in [1.54, 1.807) is 36.7 Å². The standard InChI is InChI=1S/2C25H29Cl2N5O.C25H29ClFN5O.C23H26Cl2N6O2/c1-16-14-30(25(33)23-4-3-9-28-23)10-11-31(16)19-6-8-22-24(13-19)32(15-29-22)17(2)20-7-5-18(26)12-21(20)27;1-16-14-30(10-11-31(16)25(33)23-4-3-9-28-23)19-6-8-22-24(13-19)32(15-29-22)17(2)20-7-5-18(26)12-21(20)27;1-17(20-7-5-18(26)14-21(20)27)32-16-29-22-8-6-19(15-24(22)32)30-10-12-31(13-11-30)25(33)23-4-2-3-9-28-23;1-14(18-4-2-15(24)10-19(18)25)31-22-11-16(3-5-20(22)27-28-31)29-8-9-30(17(12-29)13-32)23(33)21-6-7-26-21/h2*5-8,12-13,15-17,23,28H,3-4,9-11,14H2,1-2H3;5-8,14-17,23,28H,2-4,9-13H2,1H3;2-5,10-11,14,17,21,26,32H,6-9,12-13H2,1H3/t2*16-,17?,23?;;14?,17-,21?/m10.0/s1. The molecular weight excluding hydrogens is 1820 g/mol. The third kappa shape index (κ3) is 20.5. The number of hydrogen-bond acceptors (Lipinski definition) is 18. The van der Waals surface area contributed by atoms with E-state index in [0.717, 1.165) is 227 Å². The number of nitrogens with zero attached hydrogens (tertiary/aromatic N) is 17. The van der Waals surface area contributed by atoms with Gasteiger partial charge in [0, 0.05) is 161 Å². The maximum atomic E-state index is 14.5. The molecule has 8 saturated heterocycles. The molecule has 0 spiro atoms. The second-order valence-electron chi connectivity index (χ2n) is 35.9. The summed E-state index contributed by atoms with van der Waals surface area (Å²) in [5.74, 6) is 0.511. The number of rotatable bonds is 17. The van der Waals surface area contributed by atoms with E-state index in [1.165, 1.54) is 6.07 Å². The number of anilines is 4. The maximum Gasteiger partial charge on any atom is 0.240 e. The molecule has 34 heteroatoms. The van der Waals surface area contributed by atoms with E-state index in [1.807, 2.05) is 110 Å². The van der Waals surface area contributed by atoms with Gasteiger partial charge in [-0.25, -0.2) is 24.0 Å². The molecule has 8 fully saturated rings. The summed E-state index contributed by atoms with van der Waals surface area (Å²) >= 11 is 43.6. The van der Waals surface area contributed by atoms with Crippen molar-refractivity contribution in [1.29, 1.82) is 0 Å². The van der Waals surface area contributed by atoms with Gasteiger partial charge in [-0.3, -0.25) is 19.2 Å². The van der Waals surface area contributed by atoms with Crippen molar-refractivity contribution >= 4 is 172 Å². The van der Waals surface area contributed by atoms with Crippen molar-refractivity contribution in [3.8, 4) is 0 Å². The Hall–Kier alpha value is -9.59. The number of aromatic nitrogens is 9. The lowest BCUT2D eigenvalue weighted by atomic mass is 10.0. The monoisotopic (exact) mass is 1930 g/mol. The number of aliphatic hydroxyl groups excluding tert-OH is 1. The minimum atomic E-state index is -0.318. The molecular formula is C98H113Cl7FN21O5. The highest BCUT2D eigenvalue weighted by Crippen LogP contribution is 2.39. The first-order valence-corrected chi connectivity index (χ1v) is 48.7. The number of fused-ring (bicyclic) bond motifs is 4. The summed E-state index contributed by atoms with van der Waals surface area (Å²) in [6.07, 6.45) is 13.6. The molecule has 8 aliphatic rings. The highest BCUT2D eigenvalue weighted by molar-refractivity contribution is 6.36. The molecule has 5 N–H and O–H groups in total. The fourth-order valence-corrected chi connectivity index (χ4v) is 21.7. The van der Waals surface area contributed by atoms with Crippen molar-refractivity contribution in [3.05, 3.63) is 228 Å². The summed E-state index contributed by atoms with van der Waals surface area (Å²) in [5.41, 5.74) is 15.4. The van der Waals surface area contributed by atoms with Gasteiger partial charge in [0.1, 0.15) is 11.3 Å². The molecule has 0 radical (unpaired) electrons. The van der Waals surface area contributed by atoms with E-state index < -0.39 is 0 Å². The Morgan fingerprint density at radius 1 is 0.394 bits per heavy atom. The third-order valence-electron chi connectivity index (χ3n) is 27.7. The molecule has 132 heavy (non-hydrogen) atoms. The number of carbonyl (C=O) groups is 4. The normalized spacial score (nSPS) is 21.6. The molecule has 12 heterocycles.